The molecular weight excluding hydrogens is 348 g/mol. The van der Waals surface area contributed by atoms with Crippen LogP contribution in [0.1, 0.15) is 62.1 Å². The van der Waals surface area contributed by atoms with Gasteiger partial charge in [0.25, 0.3) is 5.91 Å². The summed E-state index contributed by atoms with van der Waals surface area (Å²) in [5.41, 5.74) is 5.51. The van der Waals surface area contributed by atoms with Crippen molar-refractivity contribution in [3.8, 4) is 11.3 Å². The third-order valence-corrected chi connectivity index (χ3v) is 5.13. The van der Waals surface area contributed by atoms with Gasteiger partial charge < -0.3 is 4.90 Å². The van der Waals surface area contributed by atoms with Crippen molar-refractivity contribution in [2.45, 2.75) is 60.5 Å². The third-order valence-electron chi connectivity index (χ3n) is 5.13. The highest BCUT2D eigenvalue weighted by molar-refractivity contribution is 6.08. The molecule has 0 atom stereocenters. The maximum absolute atomic E-state index is 13.4. The van der Waals surface area contributed by atoms with Crippen LogP contribution in [-0.2, 0) is 0 Å². The van der Waals surface area contributed by atoms with Crippen molar-refractivity contribution >= 4 is 16.8 Å². The van der Waals surface area contributed by atoms with E-state index >= 15 is 0 Å². The average molecular weight is 379 g/mol. The maximum atomic E-state index is 13.4. The molecule has 0 N–H and O–H groups in total. The molecule has 0 saturated carbocycles. The average Bonchev–Trinajstić information content (AvgIpc) is 3.11. The molecule has 28 heavy (non-hydrogen) atoms. The number of hydrogen-bond donors (Lipinski definition) is 0. The van der Waals surface area contributed by atoms with Crippen LogP contribution >= 0.6 is 0 Å². The van der Waals surface area contributed by atoms with E-state index < -0.39 is 0 Å². The number of aromatic nitrogens is 3. The molecule has 148 valence electrons. The lowest BCUT2D eigenvalue weighted by Gasteiger charge is -2.26. The summed E-state index contributed by atoms with van der Waals surface area (Å²) in [4.78, 5) is 20.2. The summed E-state index contributed by atoms with van der Waals surface area (Å²) in [5, 5.41) is 5.36. The van der Waals surface area contributed by atoms with Gasteiger partial charge in [-0.2, -0.15) is 5.10 Å². The SMILES string of the molecule is CCN(C(=O)c1cc(-c2cnn(C(C)C)c2)nc2c(C)cc(C)cc12)C(C)C. The number of pyridine rings is 1. The van der Waals surface area contributed by atoms with E-state index in [4.69, 9.17) is 4.98 Å². The van der Waals surface area contributed by atoms with Crippen molar-refractivity contribution < 1.29 is 4.79 Å². The topological polar surface area (TPSA) is 51.0 Å². The number of carbonyl (C=O) groups excluding carboxylic acids is 1. The summed E-state index contributed by atoms with van der Waals surface area (Å²) in [6, 6.07) is 6.52. The van der Waals surface area contributed by atoms with E-state index in [-0.39, 0.29) is 18.0 Å². The number of aryl methyl sites for hydroxylation is 2. The monoisotopic (exact) mass is 378 g/mol. The van der Waals surface area contributed by atoms with Gasteiger partial charge >= 0.3 is 0 Å². The third kappa shape index (κ3) is 3.66. The summed E-state index contributed by atoms with van der Waals surface area (Å²) in [5.74, 6) is 0.0485. The highest BCUT2D eigenvalue weighted by Gasteiger charge is 2.22. The van der Waals surface area contributed by atoms with Crippen LogP contribution < -0.4 is 0 Å². The van der Waals surface area contributed by atoms with Crippen LogP contribution in [0.25, 0.3) is 22.2 Å². The van der Waals surface area contributed by atoms with Gasteiger partial charge in [0.2, 0.25) is 0 Å². The minimum Gasteiger partial charge on any atom is -0.336 e. The van der Waals surface area contributed by atoms with Gasteiger partial charge in [0, 0.05) is 35.8 Å². The van der Waals surface area contributed by atoms with Gasteiger partial charge in [-0.15, -0.1) is 0 Å². The highest BCUT2D eigenvalue weighted by atomic mass is 16.2. The quantitative estimate of drug-likeness (QED) is 0.616. The van der Waals surface area contributed by atoms with Crippen LogP contribution in [0.5, 0.6) is 0 Å². The molecule has 1 aromatic carbocycles. The van der Waals surface area contributed by atoms with E-state index in [1.807, 2.05) is 35.0 Å². The van der Waals surface area contributed by atoms with Crippen molar-refractivity contribution in [2.75, 3.05) is 6.54 Å². The normalized spacial score (nSPS) is 11.6. The molecule has 0 unspecified atom stereocenters. The van der Waals surface area contributed by atoms with Crippen LogP contribution in [-0.4, -0.2) is 38.2 Å². The number of rotatable bonds is 5. The Kier molecular flexibility index (Phi) is 5.54. The van der Waals surface area contributed by atoms with E-state index in [0.29, 0.717) is 12.1 Å². The smallest absolute Gasteiger partial charge is 0.254 e. The summed E-state index contributed by atoms with van der Waals surface area (Å²) in [7, 11) is 0. The number of fused-ring (bicyclic) bond motifs is 1. The Morgan fingerprint density at radius 2 is 1.86 bits per heavy atom. The summed E-state index contributed by atoms with van der Waals surface area (Å²) >= 11 is 0. The van der Waals surface area contributed by atoms with Gasteiger partial charge in [-0.25, -0.2) is 4.98 Å². The zero-order valence-corrected chi connectivity index (χ0v) is 17.9. The first-order valence-electron chi connectivity index (χ1n) is 10.00. The van der Waals surface area contributed by atoms with Crippen molar-refractivity contribution in [1.29, 1.82) is 0 Å². The fourth-order valence-corrected chi connectivity index (χ4v) is 3.66. The van der Waals surface area contributed by atoms with Crippen LogP contribution in [0, 0.1) is 13.8 Å². The molecule has 0 fully saturated rings. The van der Waals surface area contributed by atoms with Crippen molar-refractivity contribution in [1.82, 2.24) is 19.7 Å². The minimum absolute atomic E-state index is 0.0485. The van der Waals surface area contributed by atoms with Gasteiger partial charge in [0.15, 0.2) is 0 Å². The second kappa shape index (κ2) is 7.74. The van der Waals surface area contributed by atoms with E-state index in [1.165, 1.54) is 0 Å². The zero-order chi connectivity index (χ0) is 20.6. The van der Waals surface area contributed by atoms with E-state index in [9.17, 15) is 4.79 Å². The summed E-state index contributed by atoms with van der Waals surface area (Å²) in [6.07, 6.45) is 3.82. The van der Waals surface area contributed by atoms with Gasteiger partial charge in [-0.05, 0) is 66.2 Å². The van der Waals surface area contributed by atoms with Crippen LogP contribution in [0.4, 0.5) is 0 Å². The lowest BCUT2D eigenvalue weighted by atomic mass is 9.99. The molecule has 3 aromatic rings. The Morgan fingerprint density at radius 3 is 2.43 bits per heavy atom. The number of benzene rings is 1. The minimum atomic E-state index is 0.0485. The lowest BCUT2D eigenvalue weighted by molar-refractivity contribution is 0.0719. The Balaban J connectivity index is 2.26. The number of nitrogens with zero attached hydrogens (tertiary/aromatic N) is 4. The Bertz CT molecular complexity index is 1020. The van der Waals surface area contributed by atoms with E-state index in [0.717, 1.165) is 33.3 Å². The highest BCUT2D eigenvalue weighted by Crippen LogP contribution is 2.29. The fourth-order valence-electron chi connectivity index (χ4n) is 3.66. The lowest BCUT2D eigenvalue weighted by Crippen LogP contribution is -2.36. The number of hydrogen-bond acceptors (Lipinski definition) is 3. The predicted molar refractivity (Wildman–Crippen MR) is 115 cm³/mol. The molecular formula is C23H30N4O. The second-order valence-corrected chi connectivity index (χ2v) is 8.02. The standard InChI is InChI=1S/C23H30N4O/c1-8-26(14(2)3)23(28)20-11-21(18-12-24-27(13-18)15(4)5)25-22-17(7)9-16(6)10-19(20)22/h9-15H,8H2,1-7H3. The van der Waals surface area contributed by atoms with Gasteiger partial charge in [0.05, 0.1) is 23.0 Å². The molecule has 2 heterocycles. The van der Waals surface area contributed by atoms with E-state index in [1.54, 1.807) is 0 Å². The molecule has 0 spiro atoms. The molecule has 1 amide bonds. The van der Waals surface area contributed by atoms with E-state index in [2.05, 4.69) is 58.8 Å². The van der Waals surface area contributed by atoms with Crippen LogP contribution in [0.15, 0.2) is 30.6 Å². The van der Waals surface area contributed by atoms with Crippen LogP contribution in [0.3, 0.4) is 0 Å². The maximum Gasteiger partial charge on any atom is 0.254 e. The molecule has 0 radical (unpaired) electrons. The Hall–Kier alpha value is -2.69. The Morgan fingerprint density at radius 1 is 1.14 bits per heavy atom. The molecule has 0 bridgehead atoms. The van der Waals surface area contributed by atoms with Gasteiger partial charge in [0.1, 0.15) is 0 Å². The molecule has 0 aliphatic rings. The fraction of sp³-hybridized carbons (Fsp3) is 0.435. The molecule has 0 saturated heterocycles. The first kappa shape index (κ1) is 20.1. The van der Waals surface area contributed by atoms with Gasteiger partial charge in [-0.1, -0.05) is 11.6 Å². The molecule has 5 heteroatoms. The van der Waals surface area contributed by atoms with Crippen molar-refractivity contribution in [3.63, 3.8) is 0 Å². The van der Waals surface area contributed by atoms with Crippen molar-refractivity contribution in [3.05, 3.63) is 47.3 Å². The molecule has 3 rings (SSSR count). The van der Waals surface area contributed by atoms with Crippen LogP contribution in [0.2, 0.25) is 0 Å². The van der Waals surface area contributed by atoms with Gasteiger partial charge in [-0.3, -0.25) is 9.48 Å². The first-order valence-corrected chi connectivity index (χ1v) is 10.00. The molecule has 0 aliphatic carbocycles. The molecule has 0 aliphatic heterocycles. The summed E-state index contributed by atoms with van der Waals surface area (Å²) < 4.78 is 1.91. The largest absolute Gasteiger partial charge is 0.336 e. The second-order valence-electron chi connectivity index (χ2n) is 8.02. The molecule has 2 aromatic heterocycles. The first-order chi connectivity index (χ1) is 13.2. The van der Waals surface area contributed by atoms with Crippen molar-refractivity contribution in [2.24, 2.45) is 0 Å². The number of carbonyl (C=O) groups is 1. The molecule has 5 nitrogen and oxygen atoms in total. The summed E-state index contributed by atoms with van der Waals surface area (Å²) in [6.45, 7) is 15.1. The predicted octanol–water partition coefficient (Wildman–Crippen LogP) is 5.17. The Labute approximate surface area is 167 Å². The number of amides is 1. The zero-order valence-electron chi connectivity index (χ0n) is 17.9.